The first-order valence-corrected chi connectivity index (χ1v) is 8.79. The molecule has 0 radical (unpaired) electrons. The van der Waals surface area contributed by atoms with Crippen LogP contribution in [0.5, 0.6) is 0 Å². The Hall–Kier alpha value is -2.48. The molecule has 2 rings (SSSR count). The first-order valence-electron chi connectivity index (χ1n) is 7.97. The van der Waals surface area contributed by atoms with Gasteiger partial charge >= 0.3 is 0 Å². The molecule has 0 aliphatic heterocycles. The second-order valence-corrected chi connectivity index (χ2v) is 6.93. The van der Waals surface area contributed by atoms with Gasteiger partial charge in [-0.1, -0.05) is 6.42 Å². The minimum atomic E-state index is -0.475. The molecule has 0 saturated carbocycles. The number of benzene rings is 1. The van der Waals surface area contributed by atoms with Crippen LogP contribution in [0.1, 0.15) is 37.0 Å². The van der Waals surface area contributed by atoms with Crippen LogP contribution >= 0.6 is 11.3 Å². The normalized spacial score (nSPS) is 10.6. The topological polar surface area (TPSA) is 102 Å². The van der Waals surface area contributed by atoms with Gasteiger partial charge in [0.25, 0.3) is 0 Å². The summed E-state index contributed by atoms with van der Waals surface area (Å²) in [6.07, 6.45) is 4.15. The molecule has 1 aromatic carbocycles. The number of aromatic nitrogens is 1. The van der Waals surface area contributed by atoms with Crippen molar-refractivity contribution in [1.82, 2.24) is 4.98 Å². The lowest BCUT2D eigenvalue weighted by atomic mass is 10.1. The van der Waals surface area contributed by atoms with Crippen molar-refractivity contribution in [3.8, 4) is 0 Å². The second-order valence-electron chi connectivity index (χ2n) is 5.71. The van der Waals surface area contributed by atoms with Crippen LogP contribution in [0.4, 0.5) is 20.9 Å². The fraction of sp³-hybridized carbons (Fsp3) is 0.353. The molecule has 0 atom stereocenters. The van der Waals surface area contributed by atoms with Gasteiger partial charge in [0.15, 0.2) is 5.13 Å². The Morgan fingerprint density at radius 1 is 1.24 bits per heavy atom. The molecule has 0 unspecified atom stereocenters. The molecule has 0 aliphatic rings. The van der Waals surface area contributed by atoms with Gasteiger partial charge in [-0.15, -0.1) is 11.3 Å². The van der Waals surface area contributed by atoms with Crippen molar-refractivity contribution in [3.05, 3.63) is 35.1 Å². The zero-order valence-corrected chi connectivity index (χ0v) is 14.8. The molecule has 4 N–H and O–H groups in total. The standard InChI is InChI=1S/C17H21FN4O2S/c1-11-10-21-17(25-11)22(14-9-12(18)7-8-13(14)19)16(24)6-4-2-3-5-15(20)23/h7-10H,2-6,19H2,1H3,(H2,20,23). The van der Waals surface area contributed by atoms with E-state index < -0.39 is 5.82 Å². The highest BCUT2D eigenvalue weighted by Gasteiger charge is 2.23. The first-order chi connectivity index (χ1) is 11.9. The van der Waals surface area contributed by atoms with Crippen LogP contribution in [-0.4, -0.2) is 16.8 Å². The molecule has 0 aliphatic carbocycles. The van der Waals surface area contributed by atoms with E-state index in [-0.39, 0.29) is 23.9 Å². The fourth-order valence-electron chi connectivity index (χ4n) is 2.36. The minimum Gasteiger partial charge on any atom is -0.397 e. The molecule has 25 heavy (non-hydrogen) atoms. The van der Waals surface area contributed by atoms with Crippen molar-refractivity contribution in [3.63, 3.8) is 0 Å². The van der Waals surface area contributed by atoms with Gasteiger partial charge in [0.05, 0.1) is 11.4 Å². The molecule has 0 saturated heterocycles. The van der Waals surface area contributed by atoms with Crippen molar-refractivity contribution in [2.75, 3.05) is 10.6 Å². The molecule has 2 amide bonds. The molecule has 0 fully saturated rings. The van der Waals surface area contributed by atoms with Gasteiger partial charge < -0.3 is 11.5 Å². The number of anilines is 3. The zero-order valence-electron chi connectivity index (χ0n) is 14.0. The van der Waals surface area contributed by atoms with Gasteiger partial charge in [0.2, 0.25) is 11.8 Å². The number of amides is 2. The monoisotopic (exact) mass is 364 g/mol. The molecule has 0 spiro atoms. The van der Waals surface area contributed by atoms with E-state index in [1.807, 2.05) is 6.92 Å². The molecule has 0 bridgehead atoms. The molecule has 1 heterocycles. The fourth-order valence-corrected chi connectivity index (χ4v) is 3.16. The van der Waals surface area contributed by atoms with E-state index in [9.17, 15) is 14.0 Å². The summed E-state index contributed by atoms with van der Waals surface area (Å²) in [6, 6.07) is 3.91. The summed E-state index contributed by atoms with van der Waals surface area (Å²) in [5, 5.41) is 0.455. The summed E-state index contributed by atoms with van der Waals surface area (Å²) < 4.78 is 13.7. The van der Waals surface area contributed by atoms with Crippen LogP contribution in [0, 0.1) is 12.7 Å². The Morgan fingerprint density at radius 3 is 2.60 bits per heavy atom. The number of nitrogens with zero attached hydrogens (tertiary/aromatic N) is 2. The average molecular weight is 364 g/mol. The lowest BCUT2D eigenvalue weighted by Gasteiger charge is -2.21. The lowest BCUT2D eigenvalue weighted by Crippen LogP contribution is -2.26. The third-order valence-electron chi connectivity index (χ3n) is 3.60. The van der Waals surface area contributed by atoms with E-state index >= 15 is 0 Å². The highest BCUT2D eigenvalue weighted by Crippen LogP contribution is 2.34. The molecule has 1 aromatic heterocycles. The first kappa shape index (κ1) is 18.9. The summed E-state index contributed by atoms with van der Waals surface area (Å²) >= 11 is 1.34. The highest BCUT2D eigenvalue weighted by molar-refractivity contribution is 7.15. The van der Waals surface area contributed by atoms with E-state index in [0.717, 1.165) is 4.88 Å². The number of hydrogen-bond donors (Lipinski definition) is 2. The van der Waals surface area contributed by atoms with Crippen LogP contribution in [0.2, 0.25) is 0 Å². The molecular weight excluding hydrogens is 343 g/mol. The van der Waals surface area contributed by atoms with Crippen LogP contribution in [0.25, 0.3) is 0 Å². The molecule has 8 heteroatoms. The number of unbranched alkanes of at least 4 members (excludes halogenated alkanes) is 2. The number of thiazole rings is 1. The maximum Gasteiger partial charge on any atom is 0.233 e. The highest BCUT2D eigenvalue weighted by atomic mass is 32.1. The van der Waals surface area contributed by atoms with Gasteiger partial charge in [0, 0.05) is 30.0 Å². The molecule has 2 aromatic rings. The van der Waals surface area contributed by atoms with Crippen molar-refractivity contribution < 1.29 is 14.0 Å². The van der Waals surface area contributed by atoms with Crippen LogP contribution < -0.4 is 16.4 Å². The smallest absolute Gasteiger partial charge is 0.233 e. The Bertz CT molecular complexity index is 763. The van der Waals surface area contributed by atoms with E-state index in [1.165, 1.54) is 34.4 Å². The van der Waals surface area contributed by atoms with E-state index in [2.05, 4.69) is 4.98 Å². The summed E-state index contributed by atoms with van der Waals surface area (Å²) in [5.74, 6) is -1.04. The second kappa shape index (κ2) is 8.57. The SMILES string of the molecule is Cc1cnc(N(C(=O)CCCCCC(N)=O)c2cc(F)ccc2N)s1. The Kier molecular flexibility index (Phi) is 6.46. The Labute approximate surface area is 149 Å². The van der Waals surface area contributed by atoms with Crippen molar-refractivity contribution in [2.24, 2.45) is 5.73 Å². The quantitative estimate of drug-likeness (QED) is 0.554. The molecule has 134 valence electrons. The van der Waals surface area contributed by atoms with Gasteiger partial charge in [0.1, 0.15) is 5.82 Å². The summed E-state index contributed by atoms with van der Waals surface area (Å²) in [5.41, 5.74) is 11.6. The Balaban J connectivity index is 2.16. The van der Waals surface area contributed by atoms with Crippen molar-refractivity contribution in [2.45, 2.75) is 39.0 Å². The maximum atomic E-state index is 13.7. The summed E-state index contributed by atoms with van der Waals surface area (Å²) in [7, 11) is 0. The number of rotatable bonds is 8. The number of hydrogen-bond acceptors (Lipinski definition) is 5. The predicted octanol–water partition coefficient (Wildman–Crippen LogP) is 3.27. The third-order valence-corrected chi connectivity index (χ3v) is 4.49. The van der Waals surface area contributed by atoms with E-state index in [4.69, 9.17) is 11.5 Å². The number of halogens is 1. The number of primary amides is 1. The van der Waals surface area contributed by atoms with Crippen LogP contribution in [0.3, 0.4) is 0 Å². The predicted molar refractivity (Wildman–Crippen MR) is 97.1 cm³/mol. The number of carbonyl (C=O) groups excluding carboxylic acids is 2. The molecule has 6 nitrogen and oxygen atoms in total. The third kappa shape index (κ3) is 5.25. The summed E-state index contributed by atoms with van der Waals surface area (Å²) in [4.78, 5) is 30.0. The zero-order chi connectivity index (χ0) is 18.4. The maximum absolute atomic E-state index is 13.7. The van der Waals surface area contributed by atoms with Gasteiger partial charge in [-0.05, 0) is 31.9 Å². The van der Waals surface area contributed by atoms with Crippen molar-refractivity contribution >= 4 is 39.7 Å². The van der Waals surface area contributed by atoms with E-state index in [0.29, 0.717) is 36.5 Å². The van der Waals surface area contributed by atoms with Gasteiger partial charge in [-0.2, -0.15) is 0 Å². The number of nitrogens with two attached hydrogens (primary N) is 2. The number of carbonyl (C=O) groups is 2. The minimum absolute atomic E-state index is 0.217. The molecular formula is C17H21FN4O2S. The van der Waals surface area contributed by atoms with E-state index in [1.54, 1.807) is 6.20 Å². The van der Waals surface area contributed by atoms with Crippen LogP contribution in [0.15, 0.2) is 24.4 Å². The average Bonchev–Trinajstić information content (AvgIpc) is 2.96. The van der Waals surface area contributed by atoms with Crippen LogP contribution in [-0.2, 0) is 9.59 Å². The number of aryl methyl sites for hydroxylation is 1. The van der Waals surface area contributed by atoms with Gasteiger partial charge in [-0.3, -0.25) is 14.5 Å². The largest absolute Gasteiger partial charge is 0.397 e. The van der Waals surface area contributed by atoms with Gasteiger partial charge in [-0.25, -0.2) is 9.37 Å². The van der Waals surface area contributed by atoms with Crippen molar-refractivity contribution in [1.29, 1.82) is 0 Å². The summed E-state index contributed by atoms with van der Waals surface area (Å²) in [6.45, 7) is 1.88. The Morgan fingerprint density at radius 2 is 1.96 bits per heavy atom. The lowest BCUT2D eigenvalue weighted by molar-refractivity contribution is -0.118. The number of nitrogen functional groups attached to an aromatic ring is 1.